The van der Waals surface area contributed by atoms with Crippen molar-refractivity contribution in [2.24, 2.45) is 4.99 Å². The average Bonchev–Trinajstić information content (AvgIpc) is 2.31. The van der Waals surface area contributed by atoms with Crippen LogP contribution in [0, 0.1) is 0 Å². The van der Waals surface area contributed by atoms with Gasteiger partial charge in [-0.15, -0.1) is 0 Å². The molecule has 0 saturated carbocycles. The number of rotatable bonds is 6. The molecule has 0 amide bonds. The zero-order chi connectivity index (χ0) is 12.7. The fraction of sp³-hybridized carbons (Fsp3) is 0.385. The second kappa shape index (κ2) is 7.07. The largest absolute Gasteiger partial charge is 0.480 e. The molecule has 0 aliphatic carbocycles. The highest BCUT2D eigenvalue weighted by Gasteiger charge is 2.15. The Balaban J connectivity index is 2.61. The Hall–Kier alpha value is -1.35. The lowest BCUT2D eigenvalue weighted by Crippen LogP contribution is -2.18. The molecule has 0 aromatic heterocycles. The highest BCUT2D eigenvalue weighted by atomic mass is 35.5. The third-order valence-electron chi connectivity index (χ3n) is 2.40. The minimum Gasteiger partial charge on any atom is -0.480 e. The number of halogens is 1. The summed E-state index contributed by atoms with van der Waals surface area (Å²) in [5, 5.41) is 9.68. The van der Waals surface area contributed by atoms with Crippen LogP contribution >= 0.6 is 11.6 Å². The Morgan fingerprint density at radius 1 is 1.53 bits per heavy atom. The number of aliphatic imine (C=N–C) groups is 1. The van der Waals surface area contributed by atoms with Gasteiger partial charge in [0.05, 0.1) is 0 Å². The maximum atomic E-state index is 11.0. The number of carboxylic acids is 1. The molecule has 92 valence electrons. The molecule has 0 unspecified atom stereocenters. The van der Waals surface area contributed by atoms with E-state index >= 15 is 0 Å². The van der Waals surface area contributed by atoms with E-state index in [1.807, 2.05) is 31.2 Å². The molecule has 0 bridgehead atoms. The van der Waals surface area contributed by atoms with Crippen molar-refractivity contribution in [3.63, 3.8) is 0 Å². The van der Waals surface area contributed by atoms with Crippen LogP contribution in [0.4, 0.5) is 0 Å². The summed E-state index contributed by atoms with van der Waals surface area (Å²) in [5.41, 5.74) is 0.965. The Morgan fingerprint density at radius 3 is 2.82 bits per heavy atom. The van der Waals surface area contributed by atoms with Gasteiger partial charge in [-0.3, -0.25) is 4.99 Å². The first-order chi connectivity index (χ1) is 8.15. The van der Waals surface area contributed by atoms with E-state index in [4.69, 9.17) is 16.7 Å². The molecule has 0 fully saturated rings. The van der Waals surface area contributed by atoms with Crippen LogP contribution in [0.2, 0.25) is 5.02 Å². The molecule has 0 spiro atoms. The average molecular weight is 254 g/mol. The van der Waals surface area contributed by atoms with Gasteiger partial charge in [0.1, 0.15) is 6.04 Å². The van der Waals surface area contributed by atoms with Crippen molar-refractivity contribution in [2.75, 3.05) is 0 Å². The fourth-order valence-electron chi connectivity index (χ4n) is 1.49. The predicted molar refractivity (Wildman–Crippen MR) is 70.0 cm³/mol. The number of carboxylic acid groups (broad SMARTS) is 1. The van der Waals surface area contributed by atoms with Gasteiger partial charge in [0.2, 0.25) is 0 Å². The summed E-state index contributed by atoms with van der Waals surface area (Å²) in [5.74, 6) is -0.887. The second-order valence-corrected chi connectivity index (χ2v) is 4.13. The van der Waals surface area contributed by atoms with E-state index in [2.05, 4.69) is 4.99 Å². The summed E-state index contributed by atoms with van der Waals surface area (Å²) in [6, 6.07) is 6.79. The molecule has 1 N–H and O–H groups in total. The van der Waals surface area contributed by atoms with E-state index in [0.717, 1.165) is 12.0 Å². The standard InChI is InChI=1S/C13H16ClNO2/c1-2-9-15-12(13(16)17)8-7-10-5-3-4-6-11(10)14/h3-6,9,12H,2,7-8H2,1H3,(H,16,17)/t12-/m0/s1. The molecule has 3 nitrogen and oxygen atoms in total. The van der Waals surface area contributed by atoms with Crippen LogP contribution in [0.25, 0.3) is 0 Å². The maximum absolute atomic E-state index is 11.0. The molecule has 0 saturated heterocycles. The SMILES string of the molecule is CCC=N[C@@H](CCc1ccccc1Cl)C(=O)O. The van der Waals surface area contributed by atoms with Gasteiger partial charge in [-0.2, -0.15) is 0 Å². The summed E-state index contributed by atoms with van der Waals surface area (Å²) in [6.45, 7) is 1.93. The Morgan fingerprint density at radius 2 is 2.24 bits per heavy atom. The van der Waals surface area contributed by atoms with Crippen LogP contribution in [-0.2, 0) is 11.2 Å². The van der Waals surface area contributed by atoms with E-state index in [9.17, 15) is 4.79 Å². The number of nitrogens with zero attached hydrogens (tertiary/aromatic N) is 1. The monoisotopic (exact) mass is 253 g/mol. The zero-order valence-corrected chi connectivity index (χ0v) is 10.5. The van der Waals surface area contributed by atoms with Crippen LogP contribution in [0.5, 0.6) is 0 Å². The first-order valence-electron chi connectivity index (χ1n) is 5.63. The normalized spacial score (nSPS) is 12.8. The van der Waals surface area contributed by atoms with Crippen molar-refractivity contribution < 1.29 is 9.90 Å². The third-order valence-corrected chi connectivity index (χ3v) is 2.77. The summed E-state index contributed by atoms with van der Waals surface area (Å²) in [7, 11) is 0. The lowest BCUT2D eigenvalue weighted by molar-refractivity contribution is -0.138. The number of aliphatic carboxylic acids is 1. The van der Waals surface area contributed by atoms with Gasteiger partial charge in [0, 0.05) is 5.02 Å². The van der Waals surface area contributed by atoms with E-state index < -0.39 is 12.0 Å². The fourth-order valence-corrected chi connectivity index (χ4v) is 1.72. The molecule has 1 aromatic carbocycles. The lowest BCUT2D eigenvalue weighted by Gasteiger charge is -2.08. The Labute approximate surface area is 106 Å². The van der Waals surface area contributed by atoms with Crippen LogP contribution < -0.4 is 0 Å². The lowest BCUT2D eigenvalue weighted by atomic mass is 10.1. The van der Waals surface area contributed by atoms with Crippen molar-refractivity contribution in [1.82, 2.24) is 0 Å². The van der Waals surface area contributed by atoms with Crippen LogP contribution in [0.3, 0.4) is 0 Å². The van der Waals surface area contributed by atoms with Gasteiger partial charge < -0.3 is 5.11 Å². The zero-order valence-electron chi connectivity index (χ0n) is 9.77. The van der Waals surface area contributed by atoms with Crippen LogP contribution in [-0.4, -0.2) is 23.3 Å². The summed E-state index contributed by atoms with van der Waals surface area (Å²) in [4.78, 5) is 15.0. The first kappa shape index (κ1) is 13.7. The molecule has 0 radical (unpaired) electrons. The molecule has 1 aromatic rings. The molecule has 0 aliphatic heterocycles. The van der Waals surface area contributed by atoms with E-state index in [1.54, 1.807) is 6.21 Å². The van der Waals surface area contributed by atoms with E-state index in [-0.39, 0.29) is 0 Å². The van der Waals surface area contributed by atoms with Crippen molar-refractivity contribution in [1.29, 1.82) is 0 Å². The van der Waals surface area contributed by atoms with Gasteiger partial charge in [0.25, 0.3) is 0 Å². The van der Waals surface area contributed by atoms with Crippen molar-refractivity contribution >= 4 is 23.8 Å². The number of aryl methyl sites for hydroxylation is 1. The quantitative estimate of drug-likeness (QED) is 0.792. The maximum Gasteiger partial charge on any atom is 0.328 e. The van der Waals surface area contributed by atoms with Gasteiger partial charge in [-0.25, -0.2) is 4.79 Å². The molecule has 4 heteroatoms. The molecule has 0 aliphatic rings. The Kier molecular flexibility index (Phi) is 5.70. The Bertz CT molecular complexity index is 404. The van der Waals surface area contributed by atoms with Crippen molar-refractivity contribution in [3.05, 3.63) is 34.9 Å². The van der Waals surface area contributed by atoms with Crippen molar-refractivity contribution in [3.8, 4) is 0 Å². The van der Waals surface area contributed by atoms with Gasteiger partial charge in [-0.05, 0) is 37.1 Å². The molecule has 1 atom stereocenters. The topological polar surface area (TPSA) is 49.7 Å². The van der Waals surface area contributed by atoms with Crippen LogP contribution in [0.15, 0.2) is 29.3 Å². The first-order valence-corrected chi connectivity index (χ1v) is 6.00. The molecular weight excluding hydrogens is 238 g/mol. The van der Waals surface area contributed by atoms with Crippen molar-refractivity contribution in [2.45, 2.75) is 32.2 Å². The molecule has 17 heavy (non-hydrogen) atoms. The van der Waals surface area contributed by atoms with Crippen LogP contribution in [0.1, 0.15) is 25.3 Å². The van der Waals surface area contributed by atoms with Gasteiger partial charge in [-0.1, -0.05) is 36.7 Å². The number of benzene rings is 1. The molecular formula is C13H16ClNO2. The second-order valence-electron chi connectivity index (χ2n) is 3.72. The minimum absolute atomic E-state index is 0.468. The smallest absolute Gasteiger partial charge is 0.328 e. The number of carbonyl (C=O) groups is 1. The highest BCUT2D eigenvalue weighted by molar-refractivity contribution is 6.31. The number of hydrogen-bond donors (Lipinski definition) is 1. The summed E-state index contributed by atoms with van der Waals surface area (Å²) < 4.78 is 0. The third kappa shape index (κ3) is 4.57. The molecule has 0 heterocycles. The summed E-state index contributed by atoms with van der Waals surface area (Å²) in [6.07, 6.45) is 3.48. The van der Waals surface area contributed by atoms with E-state index in [1.165, 1.54) is 0 Å². The van der Waals surface area contributed by atoms with E-state index in [0.29, 0.717) is 17.9 Å². The summed E-state index contributed by atoms with van der Waals surface area (Å²) >= 11 is 6.01. The molecule has 1 rings (SSSR count). The number of hydrogen-bond acceptors (Lipinski definition) is 2. The van der Waals surface area contributed by atoms with Gasteiger partial charge >= 0.3 is 5.97 Å². The predicted octanol–water partition coefficient (Wildman–Crippen LogP) is 3.21. The minimum atomic E-state index is -0.887. The highest BCUT2D eigenvalue weighted by Crippen LogP contribution is 2.17. The van der Waals surface area contributed by atoms with Gasteiger partial charge in [0.15, 0.2) is 0 Å².